The van der Waals surface area contributed by atoms with Crippen LogP contribution in [-0.2, 0) is 6.42 Å². The summed E-state index contributed by atoms with van der Waals surface area (Å²) in [6.45, 7) is 3.02. The first-order valence-electron chi connectivity index (χ1n) is 4.74. The Hall–Kier alpha value is -2.22. The van der Waals surface area contributed by atoms with Crippen LogP contribution in [0.25, 0.3) is 0 Å². The van der Waals surface area contributed by atoms with Gasteiger partial charge >= 0.3 is 0 Å². The van der Waals surface area contributed by atoms with Crippen molar-refractivity contribution in [1.29, 1.82) is 5.26 Å². The molecule has 0 aliphatic rings. The van der Waals surface area contributed by atoms with Gasteiger partial charge in [0.15, 0.2) is 5.78 Å². The molecule has 0 aliphatic carbocycles. The molecule has 0 saturated carbocycles. The summed E-state index contributed by atoms with van der Waals surface area (Å²) < 4.78 is 0. The Morgan fingerprint density at radius 1 is 1.56 bits per heavy atom. The second-order valence-corrected chi connectivity index (χ2v) is 3.26. The second-order valence-electron chi connectivity index (χ2n) is 3.26. The highest BCUT2D eigenvalue weighted by molar-refractivity contribution is 6.00. The maximum absolute atomic E-state index is 11.4. The minimum absolute atomic E-state index is 0.0477. The number of carbonyl (C=O) groups is 1. The van der Waals surface area contributed by atoms with E-state index in [0.29, 0.717) is 17.5 Å². The Kier molecular flexibility index (Phi) is 3.36. The molecule has 82 valence electrons. The average Bonchev–Trinajstić information content (AvgIpc) is 2.26. The van der Waals surface area contributed by atoms with E-state index in [2.05, 4.69) is 0 Å². The molecule has 0 aliphatic heterocycles. The molecule has 0 atom stereocenters. The summed E-state index contributed by atoms with van der Waals surface area (Å²) in [6.07, 6.45) is 0.416. The van der Waals surface area contributed by atoms with Gasteiger partial charge in [-0.1, -0.05) is 6.92 Å². The third-order valence-corrected chi connectivity index (χ3v) is 2.31. The van der Waals surface area contributed by atoms with E-state index in [1.165, 1.54) is 19.1 Å². The van der Waals surface area contributed by atoms with E-state index < -0.39 is 4.92 Å². The molecule has 5 nitrogen and oxygen atoms in total. The summed E-state index contributed by atoms with van der Waals surface area (Å²) >= 11 is 0. The number of nitrogens with zero attached hydrogens (tertiary/aromatic N) is 2. The van der Waals surface area contributed by atoms with E-state index in [9.17, 15) is 14.9 Å². The van der Waals surface area contributed by atoms with Crippen molar-refractivity contribution in [3.63, 3.8) is 0 Å². The average molecular weight is 218 g/mol. The molecule has 0 fully saturated rings. The fourth-order valence-electron chi connectivity index (χ4n) is 1.65. The summed E-state index contributed by atoms with van der Waals surface area (Å²) in [5, 5.41) is 19.6. The molecule has 0 amide bonds. The topological polar surface area (TPSA) is 84.0 Å². The van der Waals surface area contributed by atoms with Crippen LogP contribution in [0.1, 0.15) is 35.3 Å². The molecule has 1 rings (SSSR count). The van der Waals surface area contributed by atoms with Crippen LogP contribution in [0.15, 0.2) is 12.1 Å². The maximum Gasteiger partial charge on any atom is 0.280 e. The van der Waals surface area contributed by atoms with Crippen molar-refractivity contribution in [3.05, 3.63) is 38.9 Å². The van der Waals surface area contributed by atoms with Crippen molar-refractivity contribution in [2.75, 3.05) is 0 Å². The van der Waals surface area contributed by atoms with Gasteiger partial charge in [-0.05, 0) is 25.0 Å². The number of hydrogen-bond acceptors (Lipinski definition) is 4. The lowest BCUT2D eigenvalue weighted by molar-refractivity contribution is -0.385. The number of carbonyl (C=O) groups excluding carboxylic acids is 1. The molecule has 16 heavy (non-hydrogen) atoms. The van der Waals surface area contributed by atoms with Crippen LogP contribution in [-0.4, -0.2) is 10.7 Å². The van der Waals surface area contributed by atoms with Gasteiger partial charge < -0.3 is 0 Å². The van der Waals surface area contributed by atoms with E-state index in [1.807, 2.05) is 6.07 Å². The number of nitro groups is 1. The third-order valence-electron chi connectivity index (χ3n) is 2.31. The molecule has 5 heteroatoms. The largest absolute Gasteiger partial charge is 0.294 e. The number of rotatable bonds is 3. The van der Waals surface area contributed by atoms with Crippen molar-refractivity contribution in [2.24, 2.45) is 0 Å². The number of Topliss-reactive ketones (excluding diaryl/α,β-unsaturated/α-hetero) is 1. The number of nitriles is 1. The highest BCUT2D eigenvalue weighted by atomic mass is 16.6. The molecule has 0 aromatic heterocycles. The monoisotopic (exact) mass is 218 g/mol. The van der Waals surface area contributed by atoms with Gasteiger partial charge in [-0.3, -0.25) is 14.9 Å². The zero-order valence-corrected chi connectivity index (χ0v) is 8.98. The number of benzene rings is 1. The van der Waals surface area contributed by atoms with Crippen LogP contribution in [0.3, 0.4) is 0 Å². The first kappa shape index (κ1) is 11.9. The van der Waals surface area contributed by atoms with Gasteiger partial charge in [-0.15, -0.1) is 0 Å². The first-order chi connectivity index (χ1) is 7.52. The molecule has 0 radical (unpaired) electrons. The van der Waals surface area contributed by atoms with Crippen molar-refractivity contribution >= 4 is 11.5 Å². The SMILES string of the molecule is CCc1c(C#N)ccc([N+](=O)[O-])c1C(C)=O. The molecule has 0 saturated heterocycles. The normalized spacial score (nSPS) is 9.56. The zero-order valence-electron chi connectivity index (χ0n) is 8.98. The molecule has 0 spiro atoms. The number of ketones is 1. The molecular weight excluding hydrogens is 208 g/mol. The van der Waals surface area contributed by atoms with Gasteiger partial charge in [-0.2, -0.15) is 5.26 Å². The summed E-state index contributed by atoms with van der Waals surface area (Å²) in [4.78, 5) is 21.6. The Morgan fingerprint density at radius 3 is 2.56 bits per heavy atom. The lowest BCUT2D eigenvalue weighted by atomic mass is 9.95. The van der Waals surface area contributed by atoms with Gasteiger partial charge in [0.25, 0.3) is 5.69 Å². The molecular formula is C11H10N2O3. The standard InChI is InChI=1S/C11H10N2O3/c1-3-9-8(6-12)4-5-10(13(15)16)11(9)7(2)14/h4-5H,3H2,1-2H3. The lowest BCUT2D eigenvalue weighted by Crippen LogP contribution is -2.06. The highest BCUT2D eigenvalue weighted by Gasteiger charge is 2.22. The second kappa shape index (κ2) is 4.53. The Morgan fingerprint density at radius 2 is 2.19 bits per heavy atom. The number of hydrogen-bond donors (Lipinski definition) is 0. The summed E-state index contributed by atoms with van der Waals surface area (Å²) in [5.74, 6) is -0.388. The van der Waals surface area contributed by atoms with Gasteiger partial charge in [-0.25, -0.2) is 0 Å². The predicted molar refractivity (Wildman–Crippen MR) is 57.2 cm³/mol. The van der Waals surface area contributed by atoms with E-state index in [1.54, 1.807) is 6.92 Å². The predicted octanol–water partition coefficient (Wildman–Crippen LogP) is 2.23. The number of nitro benzene ring substituents is 1. The first-order valence-corrected chi connectivity index (χ1v) is 4.74. The van der Waals surface area contributed by atoms with Crippen LogP contribution in [0, 0.1) is 21.4 Å². The van der Waals surface area contributed by atoms with Gasteiger partial charge in [0.1, 0.15) is 0 Å². The van der Waals surface area contributed by atoms with Crippen molar-refractivity contribution in [3.8, 4) is 6.07 Å². The molecule has 0 unspecified atom stereocenters. The van der Waals surface area contributed by atoms with Crippen LogP contribution in [0.5, 0.6) is 0 Å². The van der Waals surface area contributed by atoms with Crippen LogP contribution >= 0.6 is 0 Å². The van der Waals surface area contributed by atoms with Crippen molar-refractivity contribution in [1.82, 2.24) is 0 Å². The molecule has 0 bridgehead atoms. The van der Waals surface area contributed by atoms with Crippen molar-refractivity contribution in [2.45, 2.75) is 20.3 Å². The summed E-state index contributed by atoms with van der Waals surface area (Å²) in [6, 6.07) is 4.51. The van der Waals surface area contributed by atoms with Crippen LogP contribution in [0.2, 0.25) is 0 Å². The van der Waals surface area contributed by atoms with Crippen molar-refractivity contribution < 1.29 is 9.72 Å². The van der Waals surface area contributed by atoms with Crippen LogP contribution < -0.4 is 0 Å². The Bertz CT molecular complexity index is 501. The van der Waals surface area contributed by atoms with E-state index in [4.69, 9.17) is 5.26 Å². The van der Waals surface area contributed by atoms with Gasteiger partial charge in [0.05, 0.1) is 22.1 Å². The van der Waals surface area contributed by atoms with E-state index in [0.717, 1.165) is 0 Å². The van der Waals surface area contributed by atoms with E-state index >= 15 is 0 Å². The highest BCUT2D eigenvalue weighted by Crippen LogP contribution is 2.26. The molecule has 0 N–H and O–H groups in total. The third kappa shape index (κ3) is 1.91. The fraction of sp³-hybridized carbons (Fsp3) is 0.273. The Balaban J connectivity index is 3.65. The minimum atomic E-state index is -0.600. The fourth-order valence-corrected chi connectivity index (χ4v) is 1.65. The van der Waals surface area contributed by atoms with Gasteiger partial charge in [0.2, 0.25) is 0 Å². The summed E-state index contributed by atoms with van der Waals surface area (Å²) in [5.41, 5.74) is 0.581. The van der Waals surface area contributed by atoms with E-state index in [-0.39, 0.29) is 17.0 Å². The van der Waals surface area contributed by atoms with Gasteiger partial charge in [0, 0.05) is 6.07 Å². The maximum atomic E-state index is 11.4. The lowest BCUT2D eigenvalue weighted by Gasteiger charge is -2.07. The summed E-state index contributed by atoms with van der Waals surface area (Å²) in [7, 11) is 0. The minimum Gasteiger partial charge on any atom is -0.294 e. The Labute approximate surface area is 92.5 Å². The van der Waals surface area contributed by atoms with Crippen LogP contribution in [0.4, 0.5) is 5.69 Å². The zero-order chi connectivity index (χ0) is 12.3. The molecule has 1 aromatic rings. The molecule has 1 aromatic carbocycles. The quantitative estimate of drug-likeness (QED) is 0.442. The smallest absolute Gasteiger partial charge is 0.280 e. The molecule has 0 heterocycles.